The van der Waals surface area contributed by atoms with E-state index in [9.17, 15) is 4.79 Å². The number of likely N-dealkylation sites (tertiary alicyclic amines) is 1. The van der Waals surface area contributed by atoms with E-state index in [1.165, 1.54) is 5.56 Å². The topological polar surface area (TPSA) is 58.4 Å². The maximum Gasteiger partial charge on any atom is 0.237 e. The van der Waals surface area contributed by atoms with E-state index in [1.807, 2.05) is 18.2 Å². The number of hydrogen-bond acceptors (Lipinski definition) is 3. The fraction of sp³-hybridized carbons (Fsp3) is 0.611. The molecule has 1 aliphatic rings. The Hall–Kier alpha value is -1.39. The molecule has 122 valence electrons. The van der Waals surface area contributed by atoms with Gasteiger partial charge in [-0.1, -0.05) is 44.2 Å². The molecular weight excluding hydrogens is 274 g/mol. The van der Waals surface area contributed by atoms with E-state index in [0.717, 1.165) is 38.8 Å². The maximum absolute atomic E-state index is 12.5. The van der Waals surface area contributed by atoms with Crippen LogP contribution in [0.15, 0.2) is 30.3 Å². The second kappa shape index (κ2) is 7.75. The zero-order valence-electron chi connectivity index (χ0n) is 13.8. The predicted octanol–water partition coefficient (Wildman–Crippen LogP) is 2.28. The van der Waals surface area contributed by atoms with Crippen molar-refractivity contribution >= 4 is 5.91 Å². The van der Waals surface area contributed by atoms with Crippen molar-refractivity contribution in [3.05, 3.63) is 35.9 Å². The molecule has 0 saturated carbocycles. The van der Waals surface area contributed by atoms with Crippen molar-refractivity contribution in [3.63, 3.8) is 0 Å². The van der Waals surface area contributed by atoms with Crippen LogP contribution < -0.4 is 11.1 Å². The molecule has 0 bridgehead atoms. The molecule has 0 radical (unpaired) electrons. The monoisotopic (exact) mass is 303 g/mol. The molecule has 1 aromatic carbocycles. The Balaban J connectivity index is 1.91. The van der Waals surface area contributed by atoms with Crippen LogP contribution in [0.2, 0.25) is 0 Å². The van der Waals surface area contributed by atoms with Crippen LogP contribution in [0, 0.1) is 0 Å². The first-order valence-electron chi connectivity index (χ1n) is 8.42. The SMILES string of the molecule is CCC(N)(CC)CNC(=O)C1CCCN1Cc1ccccc1. The lowest BCUT2D eigenvalue weighted by Gasteiger charge is -2.29. The molecule has 1 aromatic rings. The summed E-state index contributed by atoms with van der Waals surface area (Å²) in [6.07, 6.45) is 3.78. The van der Waals surface area contributed by atoms with Gasteiger partial charge in [-0.25, -0.2) is 0 Å². The number of carbonyl (C=O) groups is 1. The van der Waals surface area contributed by atoms with Crippen LogP contribution in [0.3, 0.4) is 0 Å². The summed E-state index contributed by atoms with van der Waals surface area (Å²) in [6.45, 7) is 6.55. The predicted molar refractivity (Wildman–Crippen MR) is 90.4 cm³/mol. The molecule has 3 N–H and O–H groups in total. The summed E-state index contributed by atoms with van der Waals surface area (Å²) in [7, 11) is 0. The summed E-state index contributed by atoms with van der Waals surface area (Å²) in [5.41, 5.74) is 7.26. The molecule has 0 aliphatic carbocycles. The van der Waals surface area contributed by atoms with Crippen molar-refractivity contribution in [1.82, 2.24) is 10.2 Å². The van der Waals surface area contributed by atoms with Crippen LogP contribution in [0.4, 0.5) is 0 Å². The Morgan fingerprint density at radius 3 is 2.64 bits per heavy atom. The van der Waals surface area contributed by atoms with E-state index in [0.29, 0.717) is 6.54 Å². The molecule has 1 amide bonds. The number of carbonyl (C=O) groups excluding carboxylic acids is 1. The Kier molecular flexibility index (Phi) is 5.98. The lowest BCUT2D eigenvalue weighted by atomic mass is 9.94. The van der Waals surface area contributed by atoms with E-state index in [1.54, 1.807) is 0 Å². The second-order valence-electron chi connectivity index (χ2n) is 6.40. The van der Waals surface area contributed by atoms with Crippen molar-refractivity contribution in [2.24, 2.45) is 5.73 Å². The summed E-state index contributed by atoms with van der Waals surface area (Å²) >= 11 is 0. The summed E-state index contributed by atoms with van der Waals surface area (Å²) < 4.78 is 0. The largest absolute Gasteiger partial charge is 0.353 e. The highest BCUT2D eigenvalue weighted by atomic mass is 16.2. The number of nitrogens with two attached hydrogens (primary N) is 1. The number of rotatable bonds is 7. The Morgan fingerprint density at radius 1 is 1.32 bits per heavy atom. The highest BCUT2D eigenvalue weighted by molar-refractivity contribution is 5.82. The standard InChI is InChI=1S/C18H29N3O/c1-3-18(19,4-2)14-20-17(22)16-11-8-12-21(16)13-15-9-6-5-7-10-15/h5-7,9-10,16H,3-4,8,11-14,19H2,1-2H3,(H,20,22). The van der Waals surface area contributed by atoms with Gasteiger partial charge in [0.2, 0.25) is 5.91 Å². The molecule has 1 fully saturated rings. The van der Waals surface area contributed by atoms with Gasteiger partial charge in [-0.15, -0.1) is 0 Å². The van der Waals surface area contributed by atoms with Crippen LogP contribution in [-0.2, 0) is 11.3 Å². The molecular formula is C18H29N3O. The minimum Gasteiger partial charge on any atom is -0.353 e. The van der Waals surface area contributed by atoms with Gasteiger partial charge >= 0.3 is 0 Å². The van der Waals surface area contributed by atoms with Gasteiger partial charge in [0.15, 0.2) is 0 Å². The third kappa shape index (κ3) is 4.31. The van der Waals surface area contributed by atoms with Crippen LogP contribution in [0.25, 0.3) is 0 Å². The quantitative estimate of drug-likeness (QED) is 0.812. The first-order valence-corrected chi connectivity index (χ1v) is 8.42. The van der Waals surface area contributed by atoms with Crippen molar-refractivity contribution in [1.29, 1.82) is 0 Å². The third-order valence-electron chi connectivity index (χ3n) is 4.92. The van der Waals surface area contributed by atoms with Crippen molar-refractivity contribution in [2.45, 2.75) is 57.7 Å². The van der Waals surface area contributed by atoms with Crippen LogP contribution in [-0.4, -0.2) is 35.5 Å². The number of amides is 1. The fourth-order valence-corrected chi connectivity index (χ4v) is 3.01. The Labute approximate surface area is 134 Å². The zero-order chi connectivity index (χ0) is 16.0. The van der Waals surface area contributed by atoms with Gasteiger partial charge in [0.25, 0.3) is 0 Å². The van der Waals surface area contributed by atoms with Gasteiger partial charge in [0, 0.05) is 18.6 Å². The zero-order valence-corrected chi connectivity index (χ0v) is 13.8. The van der Waals surface area contributed by atoms with Crippen molar-refractivity contribution < 1.29 is 4.79 Å². The summed E-state index contributed by atoms with van der Waals surface area (Å²) in [5, 5.41) is 3.08. The molecule has 1 unspecified atom stereocenters. The van der Waals surface area contributed by atoms with Crippen molar-refractivity contribution in [3.8, 4) is 0 Å². The third-order valence-corrected chi connectivity index (χ3v) is 4.92. The molecule has 0 aromatic heterocycles. The summed E-state index contributed by atoms with van der Waals surface area (Å²) in [4.78, 5) is 14.8. The van der Waals surface area contributed by atoms with Gasteiger partial charge in [-0.3, -0.25) is 9.69 Å². The van der Waals surface area contributed by atoms with E-state index in [2.05, 4.69) is 36.2 Å². The number of nitrogens with zero attached hydrogens (tertiary/aromatic N) is 1. The van der Waals surface area contributed by atoms with E-state index < -0.39 is 0 Å². The van der Waals surface area contributed by atoms with Gasteiger partial charge in [0.05, 0.1) is 6.04 Å². The molecule has 1 heterocycles. The smallest absolute Gasteiger partial charge is 0.237 e. The number of hydrogen-bond donors (Lipinski definition) is 2. The lowest BCUT2D eigenvalue weighted by molar-refractivity contribution is -0.125. The van der Waals surface area contributed by atoms with E-state index >= 15 is 0 Å². The Bertz CT molecular complexity index is 470. The lowest BCUT2D eigenvalue weighted by Crippen LogP contribution is -2.52. The molecule has 1 aliphatic heterocycles. The number of benzene rings is 1. The van der Waals surface area contributed by atoms with Crippen LogP contribution in [0.1, 0.15) is 45.1 Å². The van der Waals surface area contributed by atoms with Crippen molar-refractivity contribution in [2.75, 3.05) is 13.1 Å². The van der Waals surface area contributed by atoms with E-state index in [-0.39, 0.29) is 17.5 Å². The van der Waals surface area contributed by atoms with Crippen LogP contribution >= 0.6 is 0 Å². The highest BCUT2D eigenvalue weighted by Crippen LogP contribution is 2.20. The maximum atomic E-state index is 12.5. The normalized spacial score (nSPS) is 19.3. The molecule has 1 atom stereocenters. The van der Waals surface area contributed by atoms with Crippen LogP contribution in [0.5, 0.6) is 0 Å². The molecule has 22 heavy (non-hydrogen) atoms. The average Bonchev–Trinajstić information content (AvgIpc) is 3.01. The highest BCUT2D eigenvalue weighted by Gasteiger charge is 2.31. The second-order valence-corrected chi connectivity index (χ2v) is 6.40. The minimum atomic E-state index is -0.279. The Morgan fingerprint density at radius 2 is 2.00 bits per heavy atom. The van der Waals surface area contributed by atoms with Gasteiger partial charge in [-0.2, -0.15) is 0 Å². The molecule has 1 saturated heterocycles. The first kappa shape index (κ1) is 17.0. The number of nitrogens with one attached hydrogen (secondary N) is 1. The summed E-state index contributed by atoms with van der Waals surface area (Å²) in [5.74, 6) is 0.130. The van der Waals surface area contributed by atoms with Gasteiger partial charge in [0.1, 0.15) is 0 Å². The van der Waals surface area contributed by atoms with Gasteiger partial charge < -0.3 is 11.1 Å². The fourth-order valence-electron chi connectivity index (χ4n) is 3.01. The molecule has 4 heteroatoms. The molecule has 2 rings (SSSR count). The van der Waals surface area contributed by atoms with E-state index in [4.69, 9.17) is 5.73 Å². The van der Waals surface area contributed by atoms with Gasteiger partial charge in [-0.05, 0) is 37.8 Å². The first-order chi connectivity index (χ1) is 10.6. The average molecular weight is 303 g/mol. The summed E-state index contributed by atoms with van der Waals surface area (Å²) in [6, 6.07) is 10.3. The molecule has 0 spiro atoms. The molecule has 4 nitrogen and oxygen atoms in total. The minimum absolute atomic E-state index is 0.0156.